The summed E-state index contributed by atoms with van der Waals surface area (Å²) in [6.07, 6.45) is 1.86. The third-order valence-corrected chi connectivity index (χ3v) is 1.71. The molecule has 4 nitrogen and oxygen atoms in total. The number of para-hydroxylation sites is 1. The Morgan fingerprint density at radius 2 is 1.92 bits per heavy atom. The zero-order valence-electron chi connectivity index (χ0n) is 7.31. The van der Waals surface area contributed by atoms with Crippen molar-refractivity contribution in [2.75, 3.05) is 12.4 Å². The van der Waals surface area contributed by atoms with Crippen LogP contribution in [-0.4, -0.2) is 22.0 Å². The molecule has 0 fully saturated rings. The van der Waals surface area contributed by atoms with Gasteiger partial charge in [0, 0.05) is 12.7 Å². The van der Waals surface area contributed by atoms with Crippen molar-refractivity contribution in [1.82, 2.24) is 15.0 Å². The van der Waals surface area contributed by atoms with Gasteiger partial charge in [-0.2, -0.15) is 4.68 Å². The lowest BCUT2D eigenvalue weighted by Gasteiger charge is -1.94. The van der Waals surface area contributed by atoms with E-state index in [4.69, 9.17) is 0 Å². The molecule has 13 heavy (non-hydrogen) atoms. The van der Waals surface area contributed by atoms with Gasteiger partial charge in [-0.15, -0.1) is 5.10 Å². The van der Waals surface area contributed by atoms with Gasteiger partial charge in [0.15, 0.2) is 5.82 Å². The van der Waals surface area contributed by atoms with E-state index in [9.17, 15) is 0 Å². The predicted molar refractivity (Wildman–Crippen MR) is 50.9 cm³/mol. The molecule has 0 amide bonds. The number of hydrogen-bond acceptors (Lipinski definition) is 3. The van der Waals surface area contributed by atoms with E-state index >= 15 is 0 Å². The molecule has 2 aliphatic heterocycles. The molecule has 2 heterocycles. The van der Waals surface area contributed by atoms with Crippen molar-refractivity contribution < 1.29 is 0 Å². The van der Waals surface area contributed by atoms with E-state index in [-0.39, 0.29) is 0 Å². The Morgan fingerprint density at radius 1 is 1.23 bits per heavy atom. The molecule has 0 spiro atoms. The first kappa shape index (κ1) is 7.79. The number of nitrogens with one attached hydrogen (secondary N) is 1. The molecule has 66 valence electrons. The number of rotatable bonds is 1. The highest BCUT2D eigenvalue weighted by Crippen LogP contribution is 2.10. The minimum atomic E-state index is 1.02. The third kappa shape index (κ3) is 1.84. The summed E-state index contributed by atoms with van der Waals surface area (Å²) in [4.78, 5) is 0. The van der Waals surface area contributed by atoms with Crippen LogP contribution in [0.15, 0.2) is 36.5 Å². The molecule has 0 atom stereocenters. The van der Waals surface area contributed by atoms with E-state index in [1.54, 1.807) is 4.68 Å². The maximum absolute atomic E-state index is 3.56. The number of nitrogens with zero attached hydrogens (tertiary/aromatic N) is 3. The lowest BCUT2D eigenvalue weighted by atomic mass is 10.3. The van der Waals surface area contributed by atoms with E-state index in [0.717, 1.165) is 11.5 Å². The van der Waals surface area contributed by atoms with Crippen LogP contribution in [0.4, 0.5) is 5.69 Å². The van der Waals surface area contributed by atoms with Crippen molar-refractivity contribution in [3.63, 3.8) is 0 Å². The van der Waals surface area contributed by atoms with Crippen LogP contribution in [0.5, 0.6) is 0 Å². The minimum Gasteiger partial charge on any atom is -0.388 e. The Bertz CT molecular complexity index is 356. The summed E-state index contributed by atoms with van der Waals surface area (Å²) in [5, 5.41) is 10.1. The fraction of sp³-hybridized carbons (Fsp3) is 0.111. The number of benzene rings is 1. The molecule has 2 aliphatic rings. The SMILES string of the molecule is CNc1ccccc1.c1c2nnn1-2. The lowest BCUT2D eigenvalue weighted by molar-refractivity contribution is 0.738. The fourth-order valence-electron chi connectivity index (χ4n) is 0.885. The maximum atomic E-state index is 3.56. The first-order valence-corrected chi connectivity index (χ1v) is 4.05. The fourth-order valence-corrected chi connectivity index (χ4v) is 0.885. The van der Waals surface area contributed by atoms with Gasteiger partial charge in [-0.3, -0.25) is 0 Å². The molecule has 0 aromatic heterocycles. The van der Waals surface area contributed by atoms with E-state index in [1.165, 1.54) is 0 Å². The highest BCUT2D eigenvalue weighted by molar-refractivity contribution is 5.41. The summed E-state index contributed by atoms with van der Waals surface area (Å²) in [6, 6.07) is 10.1. The summed E-state index contributed by atoms with van der Waals surface area (Å²) in [5.74, 6) is 1.02. The maximum Gasteiger partial charge on any atom is 0.197 e. The van der Waals surface area contributed by atoms with Gasteiger partial charge in [-0.1, -0.05) is 23.4 Å². The minimum absolute atomic E-state index is 1.02. The number of fused-ring (bicyclic) bond motifs is 1. The van der Waals surface area contributed by atoms with Crippen LogP contribution < -0.4 is 5.32 Å². The second-order valence-corrected chi connectivity index (χ2v) is 2.64. The molecule has 0 bridgehead atoms. The van der Waals surface area contributed by atoms with Crippen LogP contribution in [0.25, 0.3) is 5.82 Å². The van der Waals surface area contributed by atoms with Crippen LogP contribution in [0.3, 0.4) is 0 Å². The largest absolute Gasteiger partial charge is 0.388 e. The smallest absolute Gasteiger partial charge is 0.197 e. The molecule has 0 aliphatic carbocycles. The van der Waals surface area contributed by atoms with Gasteiger partial charge in [0.2, 0.25) is 0 Å². The van der Waals surface area contributed by atoms with Gasteiger partial charge >= 0.3 is 0 Å². The van der Waals surface area contributed by atoms with E-state index in [2.05, 4.69) is 15.6 Å². The Balaban J connectivity index is 0.000000110. The molecular formula is C9H10N4. The average molecular weight is 174 g/mol. The molecule has 1 aromatic rings. The Morgan fingerprint density at radius 3 is 2.15 bits per heavy atom. The van der Waals surface area contributed by atoms with Gasteiger partial charge in [0.05, 0.1) is 6.20 Å². The summed E-state index contributed by atoms with van der Waals surface area (Å²) >= 11 is 0. The van der Waals surface area contributed by atoms with Gasteiger partial charge in [0.1, 0.15) is 0 Å². The van der Waals surface area contributed by atoms with Crippen LogP contribution in [-0.2, 0) is 0 Å². The Kier molecular flexibility index (Phi) is 1.96. The molecule has 0 radical (unpaired) electrons. The van der Waals surface area contributed by atoms with Crippen molar-refractivity contribution >= 4 is 5.69 Å². The monoisotopic (exact) mass is 174 g/mol. The van der Waals surface area contributed by atoms with Gasteiger partial charge in [0.25, 0.3) is 0 Å². The third-order valence-electron chi connectivity index (χ3n) is 1.71. The first-order chi connectivity index (χ1) is 6.40. The zero-order valence-corrected chi connectivity index (χ0v) is 7.31. The summed E-state index contributed by atoms with van der Waals surface area (Å²) < 4.78 is 1.72. The summed E-state index contributed by atoms with van der Waals surface area (Å²) in [5.41, 5.74) is 1.16. The van der Waals surface area contributed by atoms with Crippen LogP contribution in [0.2, 0.25) is 0 Å². The lowest BCUT2D eigenvalue weighted by Crippen LogP contribution is -1.92. The van der Waals surface area contributed by atoms with Gasteiger partial charge < -0.3 is 5.32 Å². The highest BCUT2D eigenvalue weighted by Gasteiger charge is 2.14. The van der Waals surface area contributed by atoms with Gasteiger partial charge in [-0.25, -0.2) is 0 Å². The number of aromatic nitrogens is 3. The van der Waals surface area contributed by atoms with E-state index in [1.807, 2.05) is 43.6 Å². The zero-order chi connectivity index (χ0) is 9.10. The molecule has 0 unspecified atom stereocenters. The second kappa shape index (κ2) is 3.26. The van der Waals surface area contributed by atoms with Crippen molar-refractivity contribution in [3.8, 4) is 5.82 Å². The van der Waals surface area contributed by atoms with Crippen LogP contribution in [0, 0.1) is 0 Å². The Labute approximate surface area is 76.2 Å². The molecule has 0 saturated heterocycles. The predicted octanol–water partition coefficient (Wildman–Crippen LogP) is 1.31. The molecule has 0 saturated carbocycles. The van der Waals surface area contributed by atoms with E-state index in [0.29, 0.717) is 0 Å². The molecule has 1 aromatic carbocycles. The average Bonchev–Trinajstić information content (AvgIpc) is 2.76. The summed E-state index contributed by atoms with van der Waals surface area (Å²) in [7, 11) is 1.91. The first-order valence-electron chi connectivity index (χ1n) is 4.05. The second-order valence-electron chi connectivity index (χ2n) is 2.64. The number of hydrogen-bond donors (Lipinski definition) is 1. The molecule has 1 N–H and O–H groups in total. The summed E-state index contributed by atoms with van der Waals surface area (Å²) in [6.45, 7) is 0. The Hall–Kier alpha value is -1.84. The highest BCUT2D eigenvalue weighted by atomic mass is 15.6. The molecular weight excluding hydrogens is 164 g/mol. The van der Waals surface area contributed by atoms with Crippen LogP contribution in [0.1, 0.15) is 0 Å². The standard InChI is InChI=1S/C7H9N.C2HN3/c1-8-7-5-3-2-4-6-7;1-2-3-4-5(1)2/h2-6,8H,1H3;1H. The topological polar surface area (TPSA) is 42.7 Å². The van der Waals surface area contributed by atoms with Crippen molar-refractivity contribution in [3.05, 3.63) is 36.5 Å². The quantitative estimate of drug-likeness (QED) is 0.604. The molecule has 4 heteroatoms. The van der Waals surface area contributed by atoms with Crippen molar-refractivity contribution in [1.29, 1.82) is 0 Å². The van der Waals surface area contributed by atoms with Crippen molar-refractivity contribution in [2.24, 2.45) is 0 Å². The van der Waals surface area contributed by atoms with Crippen molar-refractivity contribution in [2.45, 2.75) is 0 Å². The normalized spacial score (nSPS) is 9.92. The van der Waals surface area contributed by atoms with Gasteiger partial charge in [-0.05, 0) is 12.1 Å². The van der Waals surface area contributed by atoms with Crippen LogP contribution >= 0.6 is 0 Å². The molecule has 3 rings (SSSR count). The number of anilines is 1. The van der Waals surface area contributed by atoms with E-state index < -0.39 is 0 Å².